The average molecular weight is 436 g/mol. The minimum atomic E-state index is -4.76. The van der Waals surface area contributed by atoms with Crippen molar-refractivity contribution in [2.24, 2.45) is 0 Å². The van der Waals surface area contributed by atoms with Gasteiger partial charge in [0.05, 0.1) is 0 Å². The van der Waals surface area contributed by atoms with E-state index in [2.05, 4.69) is 5.32 Å². The molecular formula is C18H20F4N2O6. The maximum absolute atomic E-state index is 13.5. The molecule has 1 aliphatic heterocycles. The van der Waals surface area contributed by atoms with E-state index in [1.807, 2.05) is 0 Å². The number of ether oxygens (including phenoxy) is 1. The van der Waals surface area contributed by atoms with Crippen molar-refractivity contribution >= 4 is 17.6 Å². The lowest BCUT2D eigenvalue weighted by atomic mass is 9.97. The molecule has 0 bridgehead atoms. The first-order chi connectivity index (χ1) is 13.8. The lowest BCUT2D eigenvalue weighted by Gasteiger charge is -2.28. The van der Waals surface area contributed by atoms with Crippen molar-refractivity contribution in [2.45, 2.75) is 43.7 Å². The van der Waals surface area contributed by atoms with Gasteiger partial charge in [-0.25, -0.2) is 4.39 Å². The summed E-state index contributed by atoms with van der Waals surface area (Å²) in [5.41, 5.74) is -2.74. The van der Waals surface area contributed by atoms with E-state index in [1.165, 1.54) is 11.4 Å². The van der Waals surface area contributed by atoms with Crippen LogP contribution in [0.3, 0.4) is 0 Å². The van der Waals surface area contributed by atoms with Gasteiger partial charge in [-0.1, -0.05) is 0 Å². The van der Waals surface area contributed by atoms with Crippen molar-refractivity contribution in [1.82, 2.24) is 10.6 Å². The number of halogens is 4. The second-order valence-electron chi connectivity index (χ2n) is 6.88. The number of benzene rings is 1. The number of Topliss-reactive ketones (excluding diaryl/α,β-unsaturated/α-hetero) is 1. The number of carbonyl (C=O) groups excluding carboxylic acids is 3. The molecule has 0 saturated heterocycles. The van der Waals surface area contributed by atoms with Crippen LogP contribution in [0.5, 0.6) is 5.75 Å². The number of aliphatic hydroxyl groups is 2. The van der Waals surface area contributed by atoms with Crippen LogP contribution < -0.4 is 15.4 Å². The molecule has 8 nitrogen and oxygen atoms in total. The van der Waals surface area contributed by atoms with Crippen LogP contribution in [0.25, 0.3) is 0 Å². The third-order valence-electron chi connectivity index (χ3n) is 4.42. The Bertz CT molecular complexity index is 827. The van der Waals surface area contributed by atoms with Crippen LogP contribution in [0, 0.1) is 5.82 Å². The Balaban J connectivity index is 2.20. The summed E-state index contributed by atoms with van der Waals surface area (Å²) in [6.45, 7) is -1.56. The normalized spacial score (nSPS) is 21.0. The number of amides is 2. The Kier molecular flexibility index (Phi) is 7.03. The molecule has 3 atom stereocenters. The SMILES string of the molecule is C[C@@](O)(C(=O)NCC(F)(F)F)C(=O)N[C@@H]1C(=O)Cc2cc(F)ccc2O[C@@H]1CCO. The highest BCUT2D eigenvalue weighted by Gasteiger charge is 2.44. The first kappa shape index (κ1) is 23.5. The fraction of sp³-hybridized carbons (Fsp3) is 0.500. The van der Waals surface area contributed by atoms with Crippen LogP contribution in [0.1, 0.15) is 18.9 Å². The number of rotatable bonds is 6. The van der Waals surface area contributed by atoms with Crippen molar-refractivity contribution in [3.8, 4) is 5.75 Å². The summed E-state index contributed by atoms with van der Waals surface area (Å²) in [6.07, 6.45) is -6.40. The van der Waals surface area contributed by atoms with E-state index >= 15 is 0 Å². The Labute approximate surface area is 168 Å². The van der Waals surface area contributed by atoms with Gasteiger partial charge in [-0.15, -0.1) is 0 Å². The van der Waals surface area contributed by atoms with Gasteiger partial charge in [0.15, 0.2) is 5.78 Å². The Hall–Kier alpha value is -2.73. The third kappa shape index (κ3) is 5.66. The first-order valence-electron chi connectivity index (χ1n) is 8.82. The first-order valence-corrected chi connectivity index (χ1v) is 8.82. The number of carbonyl (C=O) groups is 3. The molecule has 1 aromatic rings. The predicted molar refractivity (Wildman–Crippen MR) is 92.8 cm³/mol. The number of nitrogens with one attached hydrogen (secondary N) is 2. The van der Waals surface area contributed by atoms with Crippen molar-refractivity contribution in [3.63, 3.8) is 0 Å². The predicted octanol–water partition coefficient (Wildman–Crippen LogP) is -0.00500. The summed E-state index contributed by atoms with van der Waals surface area (Å²) in [7, 11) is 0. The molecule has 0 saturated carbocycles. The lowest BCUT2D eigenvalue weighted by Crippen LogP contribution is -2.61. The van der Waals surface area contributed by atoms with Crippen molar-refractivity contribution < 1.29 is 46.9 Å². The average Bonchev–Trinajstić information content (AvgIpc) is 2.76. The van der Waals surface area contributed by atoms with Crippen molar-refractivity contribution in [3.05, 3.63) is 29.6 Å². The second-order valence-corrected chi connectivity index (χ2v) is 6.88. The maximum atomic E-state index is 13.5. The Morgan fingerprint density at radius 3 is 2.53 bits per heavy atom. The van der Waals surface area contributed by atoms with Gasteiger partial charge in [-0.05, 0) is 25.1 Å². The number of hydrogen-bond acceptors (Lipinski definition) is 6. The van der Waals surface area contributed by atoms with Crippen LogP contribution in [0.2, 0.25) is 0 Å². The van der Waals surface area contributed by atoms with Crippen molar-refractivity contribution in [2.75, 3.05) is 13.2 Å². The monoisotopic (exact) mass is 436 g/mol. The Morgan fingerprint density at radius 2 is 1.93 bits per heavy atom. The standard InChI is InChI=1S/C18H20F4N2O6/c1-17(29,15(27)23-8-18(20,21)22)16(28)24-14-11(26)7-9-6-10(19)2-3-12(9)30-13(14)4-5-25/h2-3,6,13-14,25,29H,4-5,7-8H2,1H3,(H,23,27)(H,24,28)/t13-,14-,17-/m1/s1. The molecule has 0 fully saturated rings. The third-order valence-corrected chi connectivity index (χ3v) is 4.42. The number of hydrogen-bond donors (Lipinski definition) is 4. The summed E-state index contributed by atoms with van der Waals surface area (Å²) in [4.78, 5) is 36.9. The van der Waals surface area contributed by atoms with E-state index in [0.29, 0.717) is 6.92 Å². The second kappa shape index (κ2) is 8.96. The fourth-order valence-corrected chi connectivity index (χ4v) is 2.80. The molecule has 0 unspecified atom stereocenters. The van der Waals surface area contributed by atoms with Gasteiger partial charge >= 0.3 is 6.18 Å². The molecule has 1 heterocycles. The van der Waals surface area contributed by atoms with E-state index in [-0.39, 0.29) is 24.2 Å². The highest BCUT2D eigenvalue weighted by Crippen LogP contribution is 2.27. The highest BCUT2D eigenvalue weighted by atomic mass is 19.4. The largest absolute Gasteiger partial charge is 0.487 e. The number of aliphatic hydroxyl groups excluding tert-OH is 1. The molecule has 2 amide bonds. The molecule has 0 aliphatic carbocycles. The van der Waals surface area contributed by atoms with E-state index < -0.39 is 60.5 Å². The van der Waals surface area contributed by atoms with Crippen LogP contribution in [-0.4, -0.2) is 64.9 Å². The van der Waals surface area contributed by atoms with Crippen LogP contribution in [0.15, 0.2) is 18.2 Å². The molecule has 1 aliphatic rings. The summed E-state index contributed by atoms with van der Waals surface area (Å²) in [5, 5.41) is 22.9. The molecule has 2 rings (SSSR count). The number of alkyl halides is 3. The van der Waals surface area contributed by atoms with E-state index in [4.69, 9.17) is 4.74 Å². The van der Waals surface area contributed by atoms with Gasteiger partial charge in [0.2, 0.25) is 5.60 Å². The van der Waals surface area contributed by atoms with Gasteiger partial charge in [-0.2, -0.15) is 13.2 Å². The molecule has 12 heteroatoms. The van der Waals surface area contributed by atoms with E-state index in [1.54, 1.807) is 0 Å². The van der Waals surface area contributed by atoms with Gasteiger partial charge in [-0.3, -0.25) is 14.4 Å². The number of fused-ring (bicyclic) bond motifs is 1. The quantitative estimate of drug-likeness (QED) is 0.368. The Morgan fingerprint density at radius 1 is 1.27 bits per heavy atom. The summed E-state index contributed by atoms with van der Waals surface area (Å²) in [6, 6.07) is 1.97. The number of ketones is 1. The topological polar surface area (TPSA) is 125 Å². The fourth-order valence-electron chi connectivity index (χ4n) is 2.80. The van der Waals surface area contributed by atoms with E-state index in [9.17, 15) is 42.2 Å². The molecular weight excluding hydrogens is 416 g/mol. The zero-order chi connectivity index (χ0) is 22.7. The zero-order valence-corrected chi connectivity index (χ0v) is 15.8. The lowest BCUT2D eigenvalue weighted by molar-refractivity contribution is -0.159. The molecule has 0 aromatic heterocycles. The van der Waals surface area contributed by atoms with Crippen LogP contribution >= 0.6 is 0 Å². The molecule has 1 aromatic carbocycles. The molecule has 0 radical (unpaired) electrons. The van der Waals surface area contributed by atoms with Gasteiger partial charge in [0.25, 0.3) is 11.8 Å². The van der Waals surface area contributed by atoms with Gasteiger partial charge in [0.1, 0.15) is 30.3 Å². The smallest absolute Gasteiger partial charge is 0.405 e. The highest BCUT2D eigenvalue weighted by molar-refractivity contribution is 6.09. The molecule has 4 N–H and O–H groups in total. The minimum Gasteiger partial charge on any atom is -0.487 e. The van der Waals surface area contributed by atoms with Gasteiger partial charge < -0.3 is 25.6 Å². The van der Waals surface area contributed by atoms with Crippen LogP contribution in [0.4, 0.5) is 17.6 Å². The maximum Gasteiger partial charge on any atom is 0.405 e. The molecule has 0 spiro atoms. The summed E-state index contributed by atoms with van der Waals surface area (Å²) in [5.74, 6) is -4.21. The summed E-state index contributed by atoms with van der Waals surface area (Å²) >= 11 is 0. The minimum absolute atomic E-state index is 0.143. The zero-order valence-electron chi connectivity index (χ0n) is 15.8. The van der Waals surface area contributed by atoms with E-state index in [0.717, 1.165) is 12.1 Å². The summed E-state index contributed by atoms with van der Waals surface area (Å²) < 4.78 is 55.9. The van der Waals surface area contributed by atoms with Crippen LogP contribution in [-0.2, 0) is 20.8 Å². The van der Waals surface area contributed by atoms with Gasteiger partial charge in [0, 0.05) is 25.0 Å². The van der Waals surface area contributed by atoms with Crippen molar-refractivity contribution in [1.29, 1.82) is 0 Å². The molecule has 30 heavy (non-hydrogen) atoms. The molecule has 166 valence electrons.